The molecule has 0 atom stereocenters. The van der Waals surface area contributed by atoms with Crippen LogP contribution in [0.1, 0.15) is 21.7 Å². The van der Waals surface area contributed by atoms with Crippen molar-refractivity contribution in [3.05, 3.63) is 23.0 Å². The lowest BCUT2D eigenvalue weighted by Crippen LogP contribution is -2.03. The molecule has 0 amide bonds. The van der Waals surface area contributed by atoms with Crippen LogP contribution >= 0.6 is 0 Å². The van der Waals surface area contributed by atoms with Crippen molar-refractivity contribution in [2.45, 2.75) is 13.8 Å². The van der Waals surface area contributed by atoms with Gasteiger partial charge in [-0.15, -0.1) is 0 Å². The molecule has 0 radical (unpaired) electrons. The van der Waals surface area contributed by atoms with Gasteiger partial charge in [-0.2, -0.15) is 10.2 Å². The Hall–Kier alpha value is -1.45. The molecule has 0 aliphatic heterocycles. The third-order valence-corrected chi connectivity index (χ3v) is 1.33. The Morgan fingerprint density at radius 2 is 2.09 bits per heavy atom. The van der Waals surface area contributed by atoms with E-state index in [0.717, 1.165) is 0 Å². The first-order chi connectivity index (χ1) is 5.11. The fourth-order valence-corrected chi connectivity index (χ4v) is 0.766. The van der Waals surface area contributed by atoms with E-state index in [1.807, 2.05) is 0 Å². The number of carbonyl (C=O) groups is 1. The third-order valence-electron chi connectivity index (χ3n) is 1.33. The molecule has 4 nitrogen and oxygen atoms in total. The van der Waals surface area contributed by atoms with Gasteiger partial charge in [-0.05, 0) is 19.9 Å². The van der Waals surface area contributed by atoms with Gasteiger partial charge in [0.15, 0.2) is 0 Å². The van der Waals surface area contributed by atoms with Gasteiger partial charge < -0.3 is 5.11 Å². The Balaban J connectivity index is 3.23. The number of nitrogens with zero attached hydrogens (tertiary/aromatic N) is 2. The van der Waals surface area contributed by atoms with E-state index in [-0.39, 0.29) is 5.56 Å². The SMILES string of the molecule is Cc1cc(C(=O)O)c(C)nn1. The van der Waals surface area contributed by atoms with Crippen molar-refractivity contribution in [2.75, 3.05) is 0 Å². The molecule has 1 rings (SSSR count). The molecule has 1 aromatic heterocycles. The summed E-state index contributed by atoms with van der Waals surface area (Å²) < 4.78 is 0. The first kappa shape index (κ1) is 7.65. The Morgan fingerprint density at radius 1 is 1.45 bits per heavy atom. The molecular weight excluding hydrogens is 144 g/mol. The zero-order valence-corrected chi connectivity index (χ0v) is 6.33. The maximum Gasteiger partial charge on any atom is 0.337 e. The smallest absolute Gasteiger partial charge is 0.337 e. The molecular formula is C7H8N2O2. The van der Waals surface area contributed by atoms with Gasteiger partial charge >= 0.3 is 5.97 Å². The predicted octanol–water partition coefficient (Wildman–Crippen LogP) is 0.792. The predicted molar refractivity (Wildman–Crippen MR) is 38.5 cm³/mol. The Kier molecular flexibility index (Phi) is 1.85. The number of rotatable bonds is 1. The fourth-order valence-electron chi connectivity index (χ4n) is 0.766. The van der Waals surface area contributed by atoms with E-state index in [0.29, 0.717) is 11.4 Å². The Morgan fingerprint density at radius 3 is 2.55 bits per heavy atom. The first-order valence-electron chi connectivity index (χ1n) is 3.15. The molecule has 1 N–H and O–H groups in total. The van der Waals surface area contributed by atoms with E-state index in [1.54, 1.807) is 13.8 Å². The third kappa shape index (κ3) is 1.52. The summed E-state index contributed by atoms with van der Waals surface area (Å²) >= 11 is 0. The van der Waals surface area contributed by atoms with Crippen LogP contribution in [0.5, 0.6) is 0 Å². The molecule has 0 saturated heterocycles. The van der Waals surface area contributed by atoms with Crippen molar-refractivity contribution < 1.29 is 9.90 Å². The standard InChI is InChI=1S/C7H8N2O2/c1-4-3-6(7(10)11)5(2)9-8-4/h3H,1-2H3,(H,10,11). The number of hydrogen-bond acceptors (Lipinski definition) is 3. The number of aromatic carboxylic acids is 1. The Labute approximate surface area is 63.9 Å². The van der Waals surface area contributed by atoms with Gasteiger partial charge in [0, 0.05) is 0 Å². The van der Waals surface area contributed by atoms with Crippen LogP contribution in [0.15, 0.2) is 6.07 Å². The zero-order chi connectivity index (χ0) is 8.43. The molecule has 1 heterocycles. The lowest BCUT2D eigenvalue weighted by molar-refractivity contribution is 0.0695. The summed E-state index contributed by atoms with van der Waals surface area (Å²) in [4.78, 5) is 10.5. The summed E-state index contributed by atoms with van der Waals surface area (Å²) in [5.41, 5.74) is 1.29. The summed E-state index contributed by atoms with van der Waals surface area (Å²) in [7, 11) is 0. The highest BCUT2D eigenvalue weighted by molar-refractivity contribution is 5.88. The van der Waals surface area contributed by atoms with E-state index in [9.17, 15) is 4.79 Å². The largest absolute Gasteiger partial charge is 0.478 e. The lowest BCUT2D eigenvalue weighted by Gasteiger charge is -1.97. The average Bonchev–Trinajstić information content (AvgIpc) is 1.94. The minimum atomic E-state index is -0.958. The normalized spacial score (nSPS) is 9.64. The number of hydrogen-bond donors (Lipinski definition) is 1. The summed E-state index contributed by atoms with van der Waals surface area (Å²) in [6, 6.07) is 1.50. The second-order valence-electron chi connectivity index (χ2n) is 2.29. The highest BCUT2D eigenvalue weighted by Gasteiger charge is 2.07. The van der Waals surface area contributed by atoms with E-state index in [1.165, 1.54) is 6.07 Å². The summed E-state index contributed by atoms with van der Waals surface area (Å²) in [5, 5.41) is 16.0. The van der Waals surface area contributed by atoms with Crippen LogP contribution in [0.3, 0.4) is 0 Å². The van der Waals surface area contributed by atoms with Crippen LogP contribution in [-0.2, 0) is 0 Å². The van der Waals surface area contributed by atoms with Gasteiger partial charge in [0.05, 0.1) is 17.0 Å². The van der Waals surface area contributed by atoms with E-state index in [4.69, 9.17) is 5.11 Å². The van der Waals surface area contributed by atoms with Crippen LogP contribution in [-0.4, -0.2) is 21.3 Å². The molecule has 0 aliphatic rings. The molecule has 0 bridgehead atoms. The molecule has 0 saturated carbocycles. The molecule has 0 aromatic carbocycles. The average molecular weight is 152 g/mol. The van der Waals surface area contributed by atoms with E-state index < -0.39 is 5.97 Å². The van der Waals surface area contributed by atoms with Gasteiger partial charge in [-0.25, -0.2) is 4.79 Å². The summed E-state index contributed by atoms with van der Waals surface area (Å²) in [6.07, 6.45) is 0. The lowest BCUT2D eigenvalue weighted by atomic mass is 10.2. The minimum Gasteiger partial charge on any atom is -0.478 e. The van der Waals surface area contributed by atoms with Gasteiger partial charge in [0.25, 0.3) is 0 Å². The Bertz CT molecular complexity index is 296. The minimum absolute atomic E-state index is 0.220. The van der Waals surface area contributed by atoms with Gasteiger partial charge in [-0.3, -0.25) is 0 Å². The van der Waals surface area contributed by atoms with Crippen molar-refractivity contribution in [1.82, 2.24) is 10.2 Å². The van der Waals surface area contributed by atoms with Crippen molar-refractivity contribution in [3.8, 4) is 0 Å². The second-order valence-corrected chi connectivity index (χ2v) is 2.29. The highest BCUT2D eigenvalue weighted by Crippen LogP contribution is 2.03. The molecule has 58 valence electrons. The maximum absolute atomic E-state index is 10.5. The van der Waals surface area contributed by atoms with Crippen molar-refractivity contribution in [1.29, 1.82) is 0 Å². The second kappa shape index (κ2) is 2.65. The number of carboxylic acid groups (broad SMARTS) is 1. The monoisotopic (exact) mass is 152 g/mol. The fraction of sp³-hybridized carbons (Fsp3) is 0.286. The molecule has 0 spiro atoms. The van der Waals surface area contributed by atoms with Crippen molar-refractivity contribution in [3.63, 3.8) is 0 Å². The molecule has 0 unspecified atom stereocenters. The number of carboxylic acids is 1. The molecule has 0 fully saturated rings. The van der Waals surface area contributed by atoms with Crippen LogP contribution in [0.2, 0.25) is 0 Å². The van der Waals surface area contributed by atoms with Crippen molar-refractivity contribution >= 4 is 5.97 Å². The number of aryl methyl sites for hydroxylation is 2. The summed E-state index contributed by atoms with van der Waals surface area (Å²) in [5.74, 6) is -0.958. The van der Waals surface area contributed by atoms with Crippen LogP contribution in [0.4, 0.5) is 0 Å². The van der Waals surface area contributed by atoms with E-state index in [2.05, 4.69) is 10.2 Å². The quantitative estimate of drug-likeness (QED) is 0.646. The van der Waals surface area contributed by atoms with E-state index >= 15 is 0 Å². The molecule has 4 heteroatoms. The summed E-state index contributed by atoms with van der Waals surface area (Å²) in [6.45, 7) is 3.33. The number of aromatic nitrogens is 2. The van der Waals surface area contributed by atoms with Crippen LogP contribution in [0, 0.1) is 13.8 Å². The molecule has 11 heavy (non-hydrogen) atoms. The molecule has 0 aliphatic carbocycles. The van der Waals surface area contributed by atoms with Gasteiger partial charge in [-0.1, -0.05) is 0 Å². The topological polar surface area (TPSA) is 63.1 Å². The van der Waals surface area contributed by atoms with Crippen LogP contribution in [0.25, 0.3) is 0 Å². The highest BCUT2D eigenvalue weighted by atomic mass is 16.4. The van der Waals surface area contributed by atoms with Crippen molar-refractivity contribution in [2.24, 2.45) is 0 Å². The zero-order valence-electron chi connectivity index (χ0n) is 6.33. The van der Waals surface area contributed by atoms with Gasteiger partial charge in [0.1, 0.15) is 0 Å². The maximum atomic E-state index is 10.5. The van der Waals surface area contributed by atoms with Crippen LogP contribution < -0.4 is 0 Å². The molecule has 1 aromatic rings. The van der Waals surface area contributed by atoms with Gasteiger partial charge in [0.2, 0.25) is 0 Å². The first-order valence-corrected chi connectivity index (χ1v) is 3.15.